The minimum Gasteiger partial charge on any atom is -0.361 e. The monoisotopic (exact) mass is 511 g/mol. The highest BCUT2D eigenvalue weighted by atomic mass is 35.5. The maximum Gasteiger partial charge on any atom is 0.471 e. The van der Waals surface area contributed by atoms with Crippen LogP contribution < -0.4 is 10.6 Å². The van der Waals surface area contributed by atoms with E-state index in [0.717, 1.165) is 0 Å². The Kier molecular flexibility index (Phi) is 6.85. The van der Waals surface area contributed by atoms with Crippen LogP contribution in [0.2, 0.25) is 10.0 Å². The van der Waals surface area contributed by atoms with Gasteiger partial charge in [0.2, 0.25) is 11.6 Å². The zero-order valence-electron chi connectivity index (χ0n) is 15.6. The number of hydrogen-bond acceptors (Lipinski definition) is 5. The molecule has 1 amide bonds. The zero-order valence-corrected chi connectivity index (χ0v) is 17.1. The number of amides is 1. The van der Waals surface area contributed by atoms with Gasteiger partial charge in [0.05, 0.1) is 15.5 Å². The summed E-state index contributed by atoms with van der Waals surface area (Å²) in [7, 11) is 0. The van der Waals surface area contributed by atoms with E-state index < -0.39 is 73.7 Å². The molecule has 0 saturated heterocycles. The van der Waals surface area contributed by atoms with Crippen molar-refractivity contribution in [3.63, 3.8) is 0 Å². The van der Waals surface area contributed by atoms with E-state index >= 15 is 0 Å². The predicted molar refractivity (Wildman–Crippen MR) is 98.6 cm³/mol. The van der Waals surface area contributed by atoms with Crippen LogP contribution in [0.1, 0.15) is 19.4 Å². The smallest absolute Gasteiger partial charge is 0.361 e. The number of rotatable bonds is 5. The second-order valence-electron chi connectivity index (χ2n) is 6.35. The number of hydrogen-bond donors (Lipinski definition) is 2. The summed E-state index contributed by atoms with van der Waals surface area (Å²) >= 11 is 11.4. The van der Waals surface area contributed by atoms with Crippen molar-refractivity contribution in [2.45, 2.75) is 32.2 Å². The molecule has 2 aromatic rings. The molecule has 0 unspecified atom stereocenters. The van der Waals surface area contributed by atoms with E-state index in [2.05, 4.69) is 10.4 Å². The maximum absolute atomic E-state index is 14.3. The predicted octanol–water partition coefficient (Wildman–Crippen LogP) is 5.57. The SMILES string of the molecule is CC(C)Nc1nn(-c2c(Cl)cc(C(F)(F)F)c(F)c2Cl)c(NC(=O)C(F)(F)F)c1[N+](=O)[O-]. The Morgan fingerprint density at radius 3 is 2.22 bits per heavy atom. The molecule has 0 bridgehead atoms. The molecule has 0 fully saturated rings. The fraction of sp³-hybridized carbons (Fsp3) is 0.333. The number of carbonyl (C=O) groups excluding carboxylic acids is 1. The van der Waals surface area contributed by atoms with Crippen molar-refractivity contribution in [3.8, 4) is 5.69 Å². The fourth-order valence-electron chi connectivity index (χ4n) is 2.39. The van der Waals surface area contributed by atoms with E-state index in [1.54, 1.807) is 0 Å². The Hall–Kier alpha value is -2.81. The highest BCUT2D eigenvalue weighted by Crippen LogP contribution is 2.44. The molecule has 2 rings (SSSR count). The Balaban J connectivity index is 2.90. The number of carbonyl (C=O) groups is 1. The van der Waals surface area contributed by atoms with Gasteiger partial charge in [0.25, 0.3) is 0 Å². The molecule has 176 valence electrons. The first-order chi connectivity index (χ1) is 14.5. The van der Waals surface area contributed by atoms with Crippen molar-refractivity contribution in [2.24, 2.45) is 0 Å². The number of aromatic nitrogens is 2. The van der Waals surface area contributed by atoms with Gasteiger partial charge in [0.1, 0.15) is 10.7 Å². The molecule has 0 aliphatic heterocycles. The van der Waals surface area contributed by atoms with Gasteiger partial charge in [-0.25, -0.2) is 9.07 Å². The second-order valence-corrected chi connectivity index (χ2v) is 7.13. The molecule has 0 atom stereocenters. The van der Waals surface area contributed by atoms with Crippen LogP contribution in [0.5, 0.6) is 0 Å². The van der Waals surface area contributed by atoms with Gasteiger partial charge in [0, 0.05) is 6.04 Å². The molecule has 0 aliphatic carbocycles. The van der Waals surface area contributed by atoms with Gasteiger partial charge in [-0.2, -0.15) is 26.3 Å². The van der Waals surface area contributed by atoms with Crippen LogP contribution >= 0.6 is 23.2 Å². The normalized spacial score (nSPS) is 12.2. The standard InChI is InChI=1S/C15H10Cl2F7N5O3/c1-4(2)25-11-10(29(31)32)12(26-13(30)15(22,23)24)28(27-11)9-6(16)3-5(14(19,20)21)8(18)7(9)17/h3-4H,1-2H3,(H,25,27)(H,26,30). The Morgan fingerprint density at radius 1 is 1.22 bits per heavy atom. The molecule has 0 radical (unpaired) electrons. The van der Waals surface area contributed by atoms with Crippen molar-refractivity contribution in [1.82, 2.24) is 9.78 Å². The van der Waals surface area contributed by atoms with E-state index in [4.69, 9.17) is 23.2 Å². The number of nitrogens with zero attached hydrogens (tertiary/aromatic N) is 3. The van der Waals surface area contributed by atoms with Crippen LogP contribution in [0.25, 0.3) is 5.69 Å². The van der Waals surface area contributed by atoms with E-state index in [9.17, 15) is 45.6 Å². The highest BCUT2D eigenvalue weighted by Gasteiger charge is 2.43. The molecule has 32 heavy (non-hydrogen) atoms. The van der Waals surface area contributed by atoms with Crippen LogP contribution in [0.15, 0.2) is 6.07 Å². The Bertz CT molecular complexity index is 1080. The number of nitro groups is 1. The number of nitrogens with one attached hydrogen (secondary N) is 2. The van der Waals surface area contributed by atoms with Gasteiger partial charge in [-0.05, 0) is 19.9 Å². The number of alkyl halides is 6. The highest BCUT2D eigenvalue weighted by molar-refractivity contribution is 6.38. The van der Waals surface area contributed by atoms with Gasteiger partial charge in [0.15, 0.2) is 5.82 Å². The summed E-state index contributed by atoms with van der Waals surface area (Å²) in [5.41, 5.74) is -4.08. The van der Waals surface area contributed by atoms with E-state index in [-0.39, 0.29) is 10.7 Å². The first kappa shape index (κ1) is 25.5. The lowest BCUT2D eigenvalue weighted by Gasteiger charge is -2.15. The first-order valence-corrected chi connectivity index (χ1v) is 8.89. The summed E-state index contributed by atoms with van der Waals surface area (Å²) in [6, 6.07) is -0.519. The van der Waals surface area contributed by atoms with Crippen molar-refractivity contribution < 1.29 is 40.5 Å². The van der Waals surface area contributed by atoms with Crippen molar-refractivity contribution >= 4 is 46.4 Å². The Labute approximate surface area is 183 Å². The topological polar surface area (TPSA) is 102 Å². The molecule has 0 saturated carbocycles. The molecule has 1 heterocycles. The van der Waals surface area contributed by atoms with Gasteiger partial charge in [-0.1, -0.05) is 23.2 Å². The summed E-state index contributed by atoms with van der Waals surface area (Å²) in [4.78, 5) is 21.7. The van der Waals surface area contributed by atoms with Gasteiger partial charge < -0.3 is 5.32 Å². The summed E-state index contributed by atoms with van der Waals surface area (Å²) < 4.78 is 91.7. The van der Waals surface area contributed by atoms with Gasteiger partial charge in [-0.15, -0.1) is 5.10 Å². The molecular weight excluding hydrogens is 502 g/mol. The van der Waals surface area contributed by atoms with Crippen molar-refractivity contribution in [2.75, 3.05) is 10.6 Å². The first-order valence-electron chi connectivity index (χ1n) is 8.14. The minimum atomic E-state index is -5.52. The lowest BCUT2D eigenvalue weighted by molar-refractivity contribution is -0.383. The average molecular weight is 512 g/mol. The van der Waals surface area contributed by atoms with E-state index in [0.29, 0.717) is 0 Å². The molecule has 2 N–H and O–H groups in total. The third kappa shape index (κ3) is 4.98. The summed E-state index contributed by atoms with van der Waals surface area (Å²) in [5.74, 6) is -6.72. The molecule has 0 aliphatic rings. The molecule has 1 aromatic heterocycles. The minimum absolute atomic E-state index is 0.0660. The van der Waals surface area contributed by atoms with Crippen LogP contribution in [0.3, 0.4) is 0 Å². The van der Waals surface area contributed by atoms with E-state index in [1.807, 2.05) is 0 Å². The lowest BCUT2D eigenvalue weighted by atomic mass is 10.1. The summed E-state index contributed by atoms with van der Waals surface area (Å²) in [6.45, 7) is 2.93. The van der Waals surface area contributed by atoms with Crippen LogP contribution in [-0.2, 0) is 11.0 Å². The quantitative estimate of drug-likeness (QED) is 0.236. The average Bonchev–Trinajstić information content (AvgIpc) is 2.93. The van der Waals surface area contributed by atoms with Crippen molar-refractivity contribution in [1.29, 1.82) is 0 Å². The molecule has 17 heteroatoms. The second kappa shape index (κ2) is 8.61. The van der Waals surface area contributed by atoms with Gasteiger partial charge in [-0.3, -0.25) is 20.2 Å². The largest absolute Gasteiger partial charge is 0.471 e. The number of halogens is 9. The van der Waals surface area contributed by atoms with E-state index in [1.165, 1.54) is 19.2 Å². The van der Waals surface area contributed by atoms with Crippen LogP contribution in [0.4, 0.5) is 48.1 Å². The zero-order chi connectivity index (χ0) is 24.8. The third-order valence-corrected chi connectivity index (χ3v) is 4.24. The molecule has 1 aromatic carbocycles. The summed E-state index contributed by atoms with van der Waals surface area (Å²) in [6.07, 6.45) is -10.8. The van der Waals surface area contributed by atoms with Gasteiger partial charge >= 0.3 is 23.9 Å². The fourth-order valence-corrected chi connectivity index (χ4v) is 3.01. The third-order valence-electron chi connectivity index (χ3n) is 3.61. The molecule has 0 spiro atoms. The van der Waals surface area contributed by atoms with Crippen molar-refractivity contribution in [3.05, 3.63) is 37.6 Å². The number of anilines is 2. The Morgan fingerprint density at radius 2 is 1.78 bits per heavy atom. The molecule has 8 nitrogen and oxygen atoms in total. The summed E-state index contributed by atoms with van der Waals surface area (Å²) in [5, 5.41) is 16.4. The lowest BCUT2D eigenvalue weighted by Crippen LogP contribution is -2.31. The number of benzene rings is 1. The van der Waals surface area contributed by atoms with Crippen LogP contribution in [0, 0.1) is 15.9 Å². The molecular formula is C15H10Cl2F7N5O3. The van der Waals surface area contributed by atoms with Crippen LogP contribution in [-0.4, -0.2) is 32.8 Å². The maximum atomic E-state index is 14.3.